The number of aromatic nitrogens is 4. The van der Waals surface area contributed by atoms with E-state index in [4.69, 9.17) is 0 Å². The molecule has 3 heterocycles. The first kappa shape index (κ1) is 16.4. The summed E-state index contributed by atoms with van der Waals surface area (Å²) in [6.45, 7) is 1.49. The third kappa shape index (κ3) is 2.75. The molecule has 8 heteroatoms. The maximum Gasteiger partial charge on any atom is 0.282 e. The number of rotatable bonds is 2. The maximum atomic E-state index is 13.0. The SMILES string of the molecule is O=C(c1nc2c(s1)CCCC2)N1C[C@H]2C[C@@H](n3cncn3)[C@H](O)C[C@H]2C1. The molecule has 0 spiro atoms. The van der Waals surface area contributed by atoms with Crippen LogP contribution in [-0.4, -0.2) is 54.9 Å². The lowest BCUT2D eigenvalue weighted by molar-refractivity contribution is 0.0304. The third-order valence-electron chi connectivity index (χ3n) is 6.20. The van der Waals surface area contributed by atoms with Crippen LogP contribution in [0.1, 0.15) is 52.1 Å². The van der Waals surface area contributed by atoms with Gasteiger partial charge in [0.05, 0.1) is 17.8 Å². The lowest BCUT2D eigenvalue weighted by Gasteiger charge is -2.34. The summed E-state index contributed by atoms with van der Waals surface area (Å²) in [7, 11) is 0. The van der Waals surface area contributed by atoms with Crippen molar-refractivity contribution in [3.63, 3.8) is 0 Å². The van der Waals surface area contributed by atoms with E-state index in [1.807, 2.05) is 4.90 Å². The van der Waals surface area contributed by atoms with Crippen LogP contribution in [0.2, 0.25) is 0 Å². The van der Waals surface area contributed by atoms with Gasteiger partial charge in [0, 0.05) is 18.0 Å². The largest absolute Gasteiger partial charge is 0.391 e. The maximum absolute atomic E-state index is 13.0. The van der Waals surface area contributed by atoms with Gasteiger partial charge in [-0.25, -0.2) is 14.6 Å². The standard InChI is InChI=1S/C18H23N5O2S/c24-15-6-12-8-22(7-11(12)5-14(15)23-10-19-9-20-23)18(25)17-21-13-3-1-2-4-16(13)26-17/h9-12,14-15,24H,1-8H2/t11-,12+,14-,15-/m1/s1. The van der Waals surface area contributed by atoms with Crippen LogP contribution < -0.4 is 0 Å². The van der Waals surface area contributed by atoms with Crippen molar-refractivity contribution < 1.29 is 9.90 Å². The highest BCUT2D eigenvalue weighted by atomic mass is 32.1. The predicted octanol–water partition coefficient (Wildman–Crippen LogP) is 1.70. The molecule has 0 radical (unpaired) electrons. The molecule has 0 bridgehead atoms. The first-order valence-electron chi connectivity index (χ1n) is 9.49. The topological polar surface area (TPSA) is 84.1 Å². The normalized spacial score (nSPS) is 30.9. The van der Waals surface area contributed by atoms with E-state index >= 15 is 0 Å². The number of aliphatic hydroxyl groups excluding tert-OH is 1. The van der Waals surface area contributed by atoms with Crippen molar-refractivity contribution in [3.8, 4) is 0 Å². The minimum absolute atomic E-state index is 0.0408. The molecule has 1 saturated carbocycles. The molecule has 1 saturated heterocycles. The van der Waals surface area contributed by atoms with Gasteiger partial charge in [0.2, 0.25) is 0 Å². The number of nitrogens with zero attached hydrogens (tertiary/aromatic N) is 5. The van der Waals surface area contributed by atoms with Crippen molar-refractivity contribution in [2.75, 3.05) is 13.1 Å². The van der Waals surface area contributed by atoms with Gasteiger partial charge in [-0.15, -0.1) is 11.3 Å². The summed E-state index contributed by atoms with van der Waals surface area (Å²) in [5.74, 6) is 0.847. The van der Waals surface area contributed by atoms with E-state index in [2.05, 4.69) is 15.1 Å². The number of aryl methyl sites for hydroxylation is 2. The van der Waals surface area contributed by atoms with E-state index < -0.39 is 6.10 Å². The quantitative estimate of drug-likeness (QED) is 0.866. The van der Waals surface area contributed by atoms with Crippen molar-refractivity contribution in [2.45, 2.75) is 50.7 Å². The summed E-state index contributed by atoms with van der Waals surface area (Å²) in [5, 5.41) is 15.4. The summed E-state index contributed by atoms with van der Waals surface area (Å²) in [6, 6.07) is -0.0408. The van der Waals surface area contributed by atoms with Crippen LogP contribution in [0, 0.1) is 11.8 Å². The van der Waals surface area contributed by atoms with Gasteiger partial charge in [-0.1, -0.05) is 0 Å². The molecule has 1 aliphatic heterocycles. The smallest absolute Gasteiger partial charge is 0.282 e. The summed E-state index contributed by atoms with van der Waals surface area (Å²) >= 11 is 1.59. The number of hydrogen-bond donors (Lipinski definition) is 1. The Morgan fingerprint density at radius 1 is 1.19 bits per heavy atom. The van der Waals surface area contributed by atoms with Crippen LogP contribution in [-0.2, 0) is 12.8 Å². The average Bonchev–Trinajstić information content (AvgIpc) is 3.38. The molecule has 4 atom stereocenters. The minimum atomic E-state index is -0.430. The molecule has 2 fully saturated rings. The average molecular weight is 373 g/mol. The number of aliphatic hydroxyl groups is 1. The third-order valence-corrected chi connectivity index (χ3v) is 7.35. The molecule has 2 aliphatic carbocycles. The second kappa shape index (κ2) is 6.42. The fourth-order valence-electron chi connectivity index (χ4n) is 4.82. The van der Waals surface area contributed by atoms with Gasteiger partial charge in [-0.2, -0.15) is 5.10 Å². The highest BCUT2D eigenvalue weighted by molar-refractivity contribution is 7.13. The molecular weight excluding hydrogens is 350 g/mol. The van der Waals surface area contributed by atoms with E-state index in [1.165, 1.54) is 24.0 Å². The lowest BCUT2D eigenvalue weighted by atomic mass is 9.77. The van der Waals surface area contributed by atoms with Crippen molar-refractivity contribution in [1.29, 1.82) is 0 Å². The zero-order chi connectivity index (χ0) is 17.7. The Kier molecular flexibility index (Phi) is 4.04. The van der Waals surface area contributed by atoms with E-state index in [0.717, 1.165) is 38.0 Å². The van der Waals surface area contributed by atoms with Gasteiger partial charge in [0.25, 0.3) is 5.91 Å². The molecular formula is C18H23N5O2S. The van der Waals surface area contributed by atoms with Crippen LogP contribution in [0.4, 0.5) is 0 Å². The van der Waals surface area contributed by atoms with Gasteiger partial charge >= 0.3 is 0 Å². The molecule has 5 rings (SSSR count). The summed E-state index contributed by atoms with van der Waals surface area (Å²) < 4.78 is 1.76. The number of likely N-dealkylation sites (tertiary alicyclic amines) is 1. The molecule has 3 aliphatic rings. The molecule has 138 valence electrons. The Morgan fingerprint density at radius 2 is 2.00 bits per heavy atom. The highest BCUT2D eigenvalue weighted by Crippen LogP contribution is 2.41. The molecule has 26 heavy (non-hydrogen) atoms. The summed E-state index contributed by atoms with van der Waals surface area (Å²) in [5.41, 5.74) is 1.14. The van der Waals surface area contributed by atoms with E-state index in [1.54, 1.807) is 22.3 Å². The van der Waals surface area contributed by atoms with Gasteiger partial charge < -0.3 is 10.0 Å². The Hall–Kier alpha value is -1.80. The Balaban J connectivity index is 1.31. The molecule has 2 aromatic rings. The number of carbonyl (C=O) groups is 1. The van der Waals surface area contributed by atoms with Crippen LogP contribution in [0.3, 0.4) is 0 Å². The second-order valence-electron chi connectivity index (χ2n) is 7.81. The van der Waals surface area contributed by atoms with Crippen LogP contribution in [0.25, 0.3) is 0 Å². The Labute approximate surface area is 156 Å². The van der Waals surface area contributed by atoms with Gasteiger partial charge in [-0.3, -0.25) is 4.79 Å². The van der Waals surface area contributed by atoms with E-state index in [9.17, 15) is 9.90 Å². The number of thiazole rings is 1. The van der Waals surface area contributed by atoms with Gasteiger partial charge in [-0.05, 0) is 50.4 Å². The van der Waals surface area contributed by atoms with Crippen LogP contribution >= 0.6 is 11.3 Å². The monoisotopic (exact) mass is 373 g/mol. The molecule has 7 nitrogen and oxygen atoms in total. The zero-order valence-corrected chi connectivity index (χ0v) is 15.4. The predicted molar refractivity (Wildman–Crippen MR) is 95.9 cm³/mol. The zero-order valence-electron chi connectivity index (χ0n) is 14.6. The van der Waals surface area contributed by atoms with Crippen LogP contribution in [0.5, 0.6) is 0 Å². The number of fused-ring (bicyclic) bond motifs is 2. The van der Waals surface area contributed by atoms with Crippen molar-refractivity contribution in [1.82, 2.24) is 24.6 Å². The van der Waals surface area contributed by atoms with Crippen LogP contribution in [0.15, 0.2) is 12.7 Å². The highest BCUT2D eigenvalue weighted by Gasteiger charge is 2.44. The molecule has 0 unspecified atom stereocenters. The van der Waals surface area contributed by atoms with Crippen molar-refractivity contribution in [3.05, 3.63) is 28.2 Å². The second-order valence-corrected chi connectivity index (χ2v) is 8.89. The Morgan fingerprint density at radius 3 is 2.77 bits per heavy atom. The first-order valence-corrected chi connectivity index (χ1v) is 10.3. The number of amides is 1. The lowest BCUT2D eigenvalue weighted by Crippen LogP contribution is -2.36. The number of hydrogen-bond acceptors (Lipinski definition) is 6. The van der Waals surface area contributed by atoms with E-state index in [0.29, 0.717) is 23.3 Å². The van der Waals surface area contributed by atoms with Crippen molar-refractivity contribution in [2.24, 2.45) is 11.8 Å². The summed E-state index contributed by atoms with van der Waals surface area (Å²) in [6.07, 6.45) is 8.77. The molecule has 0 aromatic carbocycles. The van der Waals surface area contributed by atoms with Gasteiger partial charge in [0.15, 0.2) is 5.01 Å². The molecule has 2 aromatic heterocycles. The molecule has 1 amide bonds. The van der Waals surface area contributed by atoms with Gasteiger partial charge in [0.1, 0.15) is 12.7 Å². The van der Waals surface area contributed by atoms with Crippen molar-refractivity contribution >= 4 is 17.2 Å². The fourth-order valence-corrected chi connectivity index (χ4v) is 5.94. The molecule has 1 N–H and O–H groups in total. The first-order chi connectivity index (χ1) is 12.7. The number of carbonyl (C=O) groups excluding carboxylic acids is 1. The van der Waals surface area contributed by atoms with E-state index in [-0.39, 0.29) is 11.9 Å². The Bertz CT molecular complexity index is 781. The minimum Gasteiger partial charge on any atom is -0.391 e. The summed E-state index contributed by atoms with van der Waals surface area (Å²) in [4.78, 5) is 24.9. The fraction of sp³-hybridized carbons (Fsp3) is 0.667.